The summed E-state index contributed by atoms with van der Waals surface area (Å²) in [5, 5.41) is 6.09. The fraction of sp³-hybridized carbons (Fsp3) is 0.444. The van der Waals surface area contributed by atoms with Gasteiger partial charge in [-0.25, -0.2) is 4.79 Å². The molecular formula is C27H31F3N4O3. The van der Waals surface area contributed by atoms with Crippen molar-refractivity contribution in [3.63, 3.8) is 0 Å². The molecule has 0 bridgehead atoms. The topological polar surface area (TPSA) is 83.0 Å². The molecule has 2 aromatic rings. The normalized spacial score (nSPS) is 21.7. The number of benzene rings is 2. The number of rotatable bonds is 7. The van der Waals surface area contributed by atoms with Crippen molar-refractivity contribution in [1.82, 2.24) is 10.2 Å². The third-order valence-electron chi connectivity index (χ3n) is 6.74. The molecule has 0 aromatic heterocycles. The molecule has 2 aliphatic rings. The van der Waals surface area contributed by atoms with Gasteiger partial charge >= 0.3 is 18.2 Å². The van der Waals surface area contributed by atoms with E-state index < -0.39 is 23.2 Å². The minimum atomic E-state index is -4.45. The summed E-state index contributed by atoms with van der Waals surface area (Å²) in [4.78, 5) is 32.3. The van der Waals surface area contributed by atoms with Crippen LogP contribution in [0, 0.1) is 5.41 Å². The van der Waals surface area contributed by atoms with Crippen molar-refractivity contribution in [3.8, 4) is 0 Å². The van der Waals surface area contributed by atoms with Crippen LogP contribution in [0.15, 0.2) is 59.6 Å². The third kappa shape index (κ3) is 6.61. The SMILES string of the molecule is CCOC(=O)C1(CC2=NCC(Cc3ccccc3)N2)CCCN(C(=O)Nc2ccc(C(F)(F)F)cc2)C1. The van der Waals surface area contributed by atoms with Crippen molar-refractivity contribution >= 4 is 23.5 Å². The first kappa shape index (κ1) is 26.5. The van der Waals surface area contributed by atoms with Gasteiger partial charge in [-0.3, -0.25) is 9.79 Å². The van der Waals surface area contributed by atoms with Crippen LogP contribution in [0.3, 0.4) is 0 Å². The largest absolute Gasteiger partial charge is 0.466 e. The van der Waals surface area contributed by atoms with Gasteiger partial charge in [-0.05, 0) is 56.0 Å². The number of likely N-dealkylation sites (tertiary alicyclic amines) is 1. The molecule has 0 saturated carbocycles. The second kappa shape index (κ2) is 11.2. The fourth-order valence-corrected chi connectivity index (χ4v) is 4.91. The van der Waals surface area contributed by atoms with Gasteiger partial charge in [-0.2, -0.15) is 13.2 Å². The zero-order valence-electron chi connectivity index (χ0n) is 20.7. The average molecular weight is 517 g/mol. The van der Waals surface area contributed by atoms with Gasteiger partial charge < -0.3 is 20.3 Å². The smallest absolute Gasteiger partial charge is 0.416 e. The van der Waals surface area contributed by atoms with Crippen LogP contribution in [0.25, 0.3) is 0 Å². The summed E-state index contributed by atoms with van der Waals surface area (Å²) < 4.78 is 44.0. The van der Waals surface area contributed by atoms with Gasteiger partial charge in [0.15, 0.2) is 0 Å². The molecule has 7 nitrogen and oxygen atoms in total. The summed E-state index contributed by atoms with van der Waals surface area (Å²) in [6, 6.07) is 14.0. The number of alkyl halides is 3. The van der Waals surface area contributed by atoms with Gasteiger partial charge in [0.1, 0.15) is 0 Å². The molecule has 0 radical (unpaired) electrons. The average Bonchev–Trinajstić information content (AvgIpc) is 3.31. The third-order valence-corrected chi connectivity index (χ3v) is 6.74. The molecule has 1 saturated heterocycles. The number of halogens is 3. The number of esters is 1. The van der Waals surface area contributed by atoms with Gasteiger partial charge in [-0.1, -0.05) is 30.3 Å². The molecule has 0 spiro atoms. The lowest BCUT2D eigenvalue weighted by molar-refractivity contribution is -0.157. The molecule has 2 amide bonds. The van der Waals surface area contributed by atoms with Crippen LogP contribution >= 0.6 is 0 Å². The van der Waals surface area contributed by atoms with Crippen LogP contribution in [0.4, 0.5) is 23.7 Å². The Hall–Kier alpha value is -3.56. The summed E-state index contributed by atoms with van der Waals surface area (Å²) in [6.07, 6.45) is -2.20. The minimum Gasteiger partial charge on any atom is -0.466 e. The fourth-order valence-electron chi connectivity index (χ4n) is 4.91. The van der Waals surface area contributed by atoms with Crippen molar-refractivity contribution in [1.29, 1.82) is 0 Å². The van der Waals surface area contributed by atoms with Crippen molar-refractivity contribution < 1.29 is 27.5 Å². The van der Waals surface area contributed by atoms with Crippen LogP contribution in [-0.2, 0) is 22.1 Å². The summed E-state index contributed by atoms with van der Waals surface area (Å²) in [6.45, 7) is 3.10. The lowest BCUT2D eigenvalue weighted by Crippen LogP contribution is -2.53. The highest BCUT2D eigenvalue weighted by Gasteiger charge is 2.46. The first-order valence-electron chi connectivity index (χ1n) is 12.4. The predicted octanol–water partition coefficient (Wildman–Crippen LogP) is 4.89. The zero-order chi connectivity index (χ0) is 26.5. The summed E-state index contributed by atoms with van der Waals surface area (Å²) in [7, 11) is 0. The van der Waals surface area contributed by atoms with Gasteiger partial charge in [0.05, 0.1) is 36.0 Å². The van der Waals surface area contributed by atoms with E-state index in [0.717, 1.165) is 24.4 Å². The number of carbonyl (C=O) groups excluding carboxylic acids is 2. The van der Waals surface area contributed by atoms with E-state index >= 15 is 0 Å². The molecule has 37 heavy (non-hydrogen) atoms. The van der Waals surface area contributed by atoms with E-state index in [2.05, 4.69) is 27.8 Å². The molecule has 1 fully saturated rings. The second-order valence-corrected chi connectivity index (χ2v) is 9.53. The summed E-state index contributed by atoms with van der Waals surface area (Å²) in [5.41, 5.74) is -0.310. The molecule has 4 rings (SSSR count). The van der Waals surface area contributed by atoms with Crippen molar-refractivity contribution in [2.24, 2.45) is 10.4 Å². The van der Waals surface area contributed by atoms with E-state index in [9.17, 15) is 22.8 Å². The van der Waals surface area contributed by atoms with E-state index in [1.54, 1.807) is 6.92 Å². The molecule has 2 N–H and O–H groups in total. The molecule has 2 heterocycles. The van der Waals surface area contributed by atoms with Gasteiger partial charge in [0.25, 0.3) is 0 Å². The van der Waals surface area contributed by atoms with Gasteiger partial charge in [0.2, 0.25) is 0 Å². The number of urea groups is 1. The monoisotopic (exact) mass is 516 g/mol. The van der Waals surface area contributed by atoms with Crippen molar-refractivity contribution in [2.75, 3.05) is 31.6 Å². The van der Waals surface area contributed by atoms with Crippen LogP contribution < -0.4 is 10.6 Å². The van der Waals surface area contributed by atoms with E-state index in [0.29, 0.717) is 32.4 Å². The van der Waals surface area contributed by atoms with Gasteiger partial charge in [-0.15, -0.1) is 0 Å². The number of carbonyl (C=O) groups is 2. The standard InChI is InChI=1S/C27H31F3N4O3/c1-2-37-24(35)26(16-23-31-17-22(32-23)15-19-7-4-3-5-8-19)13-6-14-34(18-26)25(36)33-21-11-9-20(10-12-21)27(28,29)30/h3-5,7-12,22H,2,6,13-18H2,1H3,(H,31,32)(H,33,36). The second-order valence-electron chi connectivity index (χ2n) is 9.53. The molecule has 0 aliphatic carbocycles. The number of amides is 2. The lowest BCUT2D eigenvalue weighted by atomic mass is 9.76. The molecule has 2 aliphatic heterocycles. The van der Waals surface area contributed by atoms with E-state index in [1.807, 2.05) is 18.2 Å². The maximum atomic E-state index is 13.2. The van der Waals surface area contributed by atoms with Crippen LogP contribution in [-0.4, -0.2) is 55.0 Å². The number of aliphatic imine (C=N–C) groups is 1. The Morgan fingerprint density at radius 2 is 1.89 bits per heavy atom. The lowest BCUT2D eigenvalue weighted by Gasteiger charge is -2.41. The molecule has 10 heteroatoms. The highest BCUT2D eigenvalue weighted by Crippen LogP contribution is 2.36. The molecule has 2 aromatic carbocycles. The zero-order valence-corrected chi connectivity index (χ0v) is 20.7. The minimum absolute atomic E-state index is 0.124. The first-order valence-corrected chi connectivity index (χ1v) is 12.4. The van der Waals surface area contributed by atoms with Crippen LogP contribution in [0.5, 0.6) is 0 Å². The van der Waals surface area contributed by atoms with Crippen molar-refractivity contribution in [2.45, 2.75) is 44.8 Å². The maximum Gasteiger partial charge on any atom is 0.416 e. The number of nitrogens with zero attached hydrogens (tertiary/aromatic N) is 2. The maximum absolute atomic E-state index is 13.2. The number of amidine groups is 1. The Morgan fingerprint density at radius 3 is 2.57 bits per heavy atom. The Bertz CT molecular complexity index is 1120. The predicted molar refractivity (Wildman–Crippen MR) is 134 cm³/mol. The number of anilines is 1. The summed E-state index contributed by atoms with van der Waals surface area (Å²) >= 11 is 0. The Labute approximate surface area is 214 Å². The first-order chi connectivity index (χ1) is 17.7. The van der Waals surface area contributed by atoms with Crippen LogP contribution in [0.1, 0.15) is 37.3 Å². The quantitative estimate of drug-likeness (QED) is 0.514. The number of hydrogen-bond acceptors (Lipinski definition) is 5. The summed E-state index contributed by atoms with van der Waals surface area (Å²) in [5.74, 6) is 0.344. The van der Waals surface area contributed by atoms with Gasteiger partial charge in [0, 0.05) is 25.2 Å². The van der Waals surface area contributed by atoms with E-state index in [4.69, 9.17) is 4.74 Å². The highest BCUT2D eigenvalue weighted by atomic mass is 19.4. The Kier molecular flexibility index (Phi) is 8.04. The van der Waals surface area contributed by atoms with E-state index in [-0.39, 0.29) is 30.9 Å². The highest BCUT2D eigenvalue weighted by molar-refractivity contribution is 5.93. The molecular weight excluding hydrogens is 485 g/mol. The number of nitrogens with one attached hydrogen (secondary N) is 2. The number of hydrogen-bond donors (Lipinski definition) is 2. The number of ether oxygens (including phenoxy) is 1. The van der Waals surface area contributed by atoms with E-state index in [1.165, 1.54) is 22.6 Å². The van der Waals surface area contributed by atoms with Crippen LogP contribution in [0.2, 0.25) is 0 Å². The number of piperidine rings is 1. The molecule has 2 atom stereocenters. The molecule has 198 valence electrons. The van der Waals surface area contributed by atoms with Crippen molar-refractivity contribution in [3.05, 3.63) is 65.7 Å². The Balaban J connectivity index is 1.42. The molecule has 2 unspecified atom stereocenters. The Morgan fingerprint density at radius 1 is 1.16 bits per heavy atom.